The molecule has 0 spiro atoms. The van der Waals surface area contributed by atoms with Gasteiger partial charge in [-0.3, -0.25) is 11.3 Å². The van der Waals surface area contributed by atoms with Gasteiger partial charge in [0.2, 0.25) is 0 Å². The summed E-state index contributed by atoms with van der Waals surface area (Å²) >= 11 is 0. The molecule has 0 aliphatic rings. The van der Waals surface area contributed by atoms with Crippen molar-refractivity contribution >= 4 is 0 Å². The average Bonchev–Trinajstić information content (AvgIpc) is 2.45. The monoisotopic (exact) mass is 212 g/mol. The van der Waals surface area contributed by atoms with Crippen molar-refractivity contribution in [2.75, 3.05) is 13.2 Å². The Morgan fingerprint density at radius 3 is 2.40 bits per heavy atom. The van der Waals surface area contributed by atoms with E-state index in [1.54, 1.807) is 0 Å². The molecule has 0 bridgehead atoms. The lowest BCUT2D eigenvalue weighted by molar-refractivity contribution is 0.122. The fourth-order valence-electron chi connectivity index (χ4n) is 1.77. The fraction of sp³-hybridized carbons (Fsp3) is 0.636. The smallest absolute Gasteiger partial charge is 0.106 e. The molecular weight excluding hydrogens is 192 g/mol. The van der Waals surface area contributed by atoms with Crippen molar-refractivity contribution < 1.29 is 9.15 Å². The van der Waals surface area contributed by atoms with Crippen LogP contribution in [-0.2, 0) is 4.74 Å². The molecule has 86 valence electrons. The van der Waals surface area contributed by atoms with Gasteiger partial charge in [0, 0.05) is 12.2 Å². The Bertz CT molecular complexity index is 321. The van der Waals surface area contributed by atoms with Crippen LogP contribution in [0.3, 0.4) is 0 Å². The van der Waals surface area contributed by atoms with Crippen LogP contribution in [0.25, 0.3) is 0 Å². The number of nitrogens with two attached hydrogens (primary N) is 1. The summed E-state index contributed by atoms with van der Waals surface area (Å²) in [5, 5.41) is 0. The first kappa shape index (κ1) is 12.2. The highest BCUT2D eigenvalue weighted by molar-refractivity contribution is 5.34. The minimum Gasteiger partial charge on any atom is -0.466 e. The van der Waals surface area contributed by atoms with Gasteiger partial charge in [-0.1, -0.05) is 0 Å². The van der Waals surface area contributed by atoms with E-state index in [-0.39, 0.29) is 6.04 Å². The maximum atomic E-state index is 5.56. The van der Waals surface area contributed by atoms with Gasteiger partial charge < -0.3 is 9.15 Å². The highest BCUT2D eigenvalue weighted by Gasteiger charge is 2.19. The Kier molecular flexibility index (Phi) is 4.32. The van der Waals surface area contributed by atoms with E-state index in [0.29, 0.717) is 13.2 Å². The molecule has 1 heterocycles. The summed E-state index contributed by atoms with van der Waals surface area (Å²) in [6.07, 6.45) is 0. The molecule has 3 N–H and O–H groups in total. The Hall–Kier alpha value is -0.840. The molecule has 0 fully saturated rings. The lowest BCUT2D eigenvalue weighted by Gasteiger charge is -2.16. The van der Waals surface area contributed by atoms with E-state index in [0.717, 1.165) is 22.6 Å². The number of rotatable bonds is 5. The average molecular weight is 212 g/mol. The molecule has 0 aromatic carbocycles. The molecule has 0 radical (unpaired) electrons. The maximum absolute atomic E-state index is 5.56. The van der Waals surface area contributed by atoms with Crippen LogP contribution in [0, 0.1) is 20.8 Å². The van der Waals surface area contributed by atoms with E-state index in [9.17, 15) is 0 Å². The molecule has 0 saturated carbocycles. The second-order valence-electron chi connectivity index (χ2n) is 3.63. The van der Waals surface area contributed by atoms with Gasteiger partial charge >= 0.3 is 0 Å². The normalized spacial score (nSPS) is 13.1. The van der Waals surface area contributed by atoms with Crippen molar-refractivity contribution in [2.24, 2.45) is 5.84 Å². The summed E-state index contributed by atoms with van der Waals surface area (Å²) in [6.45, 7) is 9.16. The molecule has 0 aliphatic carbocycles. The summed E-state index contributed by atoms with van der Waals surface area (Å²) in [6, 6.07) is 0.00222. The summed E-state index contributed by atoms with van der Waals surface area (Å²) < 4.78 is 10.9. The highest BCUT2D eigenvalue weighted by atomic mass is 16.5. The van der Waals surface area contributed by atoms with Gasteiger partial charge in [-0.15, -0.1) is 0 Å². The molecule has 1 aromatic heterocycles. The van der Waals surface area contributed by atoms with Crippen LogP contribution >= 0.6 is 0 Å². The number of aryl methyl sites for hydroxylation is 2. The number of hydrogen-bond donors (Lipinski definition) is 2. The molecule has 0 amide bonds. The second-order valence-corrected chi connectivity index (χ2v) is 3.63. The molecule has 4 nitrogen and oxygen atoms in total. The first-order valence-electron chi connectivity index (χ1n) is 5.22. The third-order valence-corrected chi connectivity index (χ3v) is 2.66. The standard InChI is InChI=1S/C11H20N2O2/c1-5-14-6-10(13-12)11-7(2)8(3)15-9(11)4/h10,13H,5-6,12H2,1-4H3. The molecule has 0 saturated heterocycles. The van der Waals surface area contributed by atoms with Gasteiger partial charge in [-0.25, -0.2) is 0 Å². The van der Waals surface area contributed by atoms with Gasteiger partial charge in [0.15, 0.2) is 0 Å². The number of hydrogen-bond acceptors (Lipinski definition) is 4. The fourth-order valence-corrected chi connectivity index (χ4v) is 1.77. The van der Waals surface area contributed by atoms with Crippen LogP contribution in [-0.4, -0.2) is 13.2 Å². The second kappa shape index (κ2) is 5.30. The van der Waals surface area contributed by atoms with E-state index in [1.165, 1.54) is 0 Å². The first-order valence-corrected chi connectivity index (χ1v) is 5.22. The Morgan fingerprint density at radius 2 is 2.00 bits per heavy atom. The van der Waals surface area contributed by atoms with Gasteiger partial charge in [-0.05, 0) is 33.3 Å². The zero-order chi connectivity index (χ0) is 11.4. The van der Waals surface area contributed by atoms with E-state index in [1.807, 2.05) is 27.7 Å². The number of nitrogens with one attached hydrogen (secondary N) is 1. The minimum atomic E-state index is 0.00222. The zero-order valence-corrected chi connectivity index (χ0v) is 9.89. The van der Waals surface area contributed by atoms with Crippen molar-refractivity contribution in [1.29, 1.82) is 0 Å². The van der Waals surface area contributed by atoms with Crippen LogP contribution in [0.5, 0.6) is 0 Å². The summed E-state index contributed by atoms with van der Waals surface area (Å²) in [5.74, 6) is 7.37. The summed E-state index contributed by atoms with van der Waals surface area (Å²) in [5.41, 5.74) is 5.03. The molecule has 4 heteroatoms. The van der Waals surface area contributed by atoms with Crippen LogP contribution in [0.4, 0.5) is 0 Å². The third kappa shape index (κ3) is 2.59. The largest absolute Gasteiger partial charge is 0.466 e. The van der Waals surface area contributed by atoms with Crippen LogP contribution in [0.2, 0.25) is 0 Å². The molecule has 1 atom stereocenters. The highest BCUT2D eigenvalue weighted by Crippen LogP contribution is 2.26. The van der Waals surface area contributed by atoms with Crippen LogP contribution < -0.4 is 11.3 Å². The summed E-state index contributed by atoms with van der Waals surface area (Å²) in [7, 11) is 0. The molecule has 15 heavy (non-hydrogen) atoms. The lowest BCUT2D eigenvalue weighted by Crippen LogP contribution is -2.32. The zero-order valence-electron chi connectivity index (χ0n) is 9.89. The Labute approximate surface area is 90.8 Å². The molecule has 1 unspecified atom stereocenters. The Morgan fingerprint density at radius 1 is 1.33 bits per heavy atom. The number of hydrazine groups is 1. The topological polar surface area (TPSA) is 60.4 Å². The lowest BCUT2D eigenvalue weighted by atomic mass is 10.0. The van der Waals surface area contributed by atoms with E-state index in [4.69, 9.17) is 15.0 Å². The SMILES string of the molecule is CCOCC(NN)c1c(C)oc(C)c1C. The Balaban J connectivity index is 2.90. The van der Waals surface area contributed by atoms with Gasteiger partial charge in [0.05, 0.1) is 12.6 Å². The number of ether oxygens (including phenoxy) is 1. The van der Waals surface area contributed by atoms with Gasteiger partial charge in [0.25, 0.3) is 0 Å². The van der Waals surface area contributed by atoms with E-state index < -0.39 is 0 Å². The van der Waals surface area contributed by atoms with Crippen molar-refractivity contribution in [3.63, 3.8) is 0 Å². The van der Waals surface area contributed by atoms with Crippen LogP contribution in [0.15, 0.2) is 4.42 Å². The molecule has 0 aliphatic heterocycles. The third-order valence-electron chi connectivity index (χ3n) is 2.66. The van der Waals surface area contributed by atoms with Crippen molar-refractivity contribution in [2.45, 2.75) is 33.7 Å². The van der Waals surface area contributed by atoms with E-state index >= 15 is 0 Å². The first-order chi connectivity index (χ1) is 7.11. The van der Waals surface area contributed by atoms with Gasteiger partial charge in [-0.2, -0.15) is 0 Å². The molecular formula is C11H20N2O2. The molecule has 1 aromatic rings. The van der Waals surface area contributed by atoms with Crippen LogP contribution in [0.1, 0.15) is 35.6 Å². The van der Waals surface area contributed by atoms with E-state index in [2.05, 4.69) is 5.43 Å². The minimum absolute atomic E-state index is 0.00222. The molecule has 1 rings (SSSR count). The quantitative estimate of drug-likeness (QED) is 0.576. The maximum Gasteiger partial charge on any atom is 0.106 e. The summed E-state index contributed by atoms with van der Waals surface area (Å²) in [4.78, 5) is 0. The van der Waals surface area contributed by atoms with Gasteiger partial charge in [0.1, 0.15) is 11.5 Å². The predicted octanol–water partition coefficient (Wildman–Crippen LogP) is 1.75. The van der Waals surface area contributed by atoms with Crippen molar-refractivity contribution in [3.8, 4) is 0 Å². The van der Waals surface area contributed by atoms with Crippen molar-refractivity contribution in [1.82, 2.24) is 5.43 Å². The predicted molar refractivity (Wildman–Crippen MR) is 59.5 cm³/mol. The van der Waals surface area contributed by atoms with Crippen molar-refractivity contribution in [3.05, 3.63) is 22.6 Å². The number of furan rings is 1.